The summed E-state index contributed by atoms with van der Waals surface area (Å²) in [6.07, 6.45) is 5.21. The Balaban J connectivity index is 1.72. The van der Waals surface area contributed by atoms with Crippen LogP contribution in [0.1, 0.15) is 29.7 Å². The van der Waals surface area contributed by atoms with Gasteiger partial charge in [0.1, 0.15) is 5.15 Å². The van der Waals surface area contributed by atoms with Crippen molar-refractivity contribution in [3.63, 3.8) is 0 Å². The number of aromatic nitrogens is 2. The molecule has 2 aromatic rings. The molecule has 1 aliphatic rings. The van der Waals surface area contributed by atoms with Gasteiger partial charge >= 0.3 is 0 Å². The molecule has 0 aliphatic carbocycles. The average Bonchev–Trinajstić information content (AvgIpc) is 2.71. The van der Waals surface area contributed by atoms with Crippen LogP contribution in [0, 0.1) is 6.92 Å². The molecule has 0 fully saturated rings. The minimum Gasteiger partial charge on any atom is -0.326 e. The summed E-state index contributed by atoms with van der Waals surface area (Å²) in [4.78, 5) is 23.7. The lowest BCUT2D eigenvalue weighted by Crippen LogP contribution is -2.10. The summed E-state index contributed by atoms with van der Waals surface area (Å²) in [5.41, 5.74) is 4.02. The third-order valence-electron chi connectivity index (χ3n) is 4.09. The van der Waals surface area contributed by atoms with E-state index in [9.17, 15) is 9.59 Å². The molecule has 2 N–H and O–H groups in total. The van der Waals surface area contributed by atoms with Crippen LogP contribution in [0.25, 0.3) is 6.08 Å². The van der Waals surface area contributed by atoms with Crippen molar-refractivity contribution < 1.29 is 9.59 Å². The van der Waals surface area contributed by atoms with Gasteiger partial charge in [0.05, 0.1) is 5.69 Å². The number of fused-ring (bicyclic) bond motifs is 1. The van der Waals surface area contributed by atoms with Gasteiger partial charge in [0.15, 0.2) is 0 Å². The highest BCUT2D eigenvalue weighted by molar-refractivity contribution is 6.31. The normalized spacial score (nSPS) is 14.1. The first kappa shape index (κ1) is 17.2. The fourth-order valence-corrected chi connectivity index (χ4v) is 3.07. The molecule has 1 aliphatic heterocycles. The predicted molar refractivity (Wildman–Crippen MR) is 98.6 cm³/mol. The van der Waals surface area contributed by atoms with Crippen LogP contribution in [0.4, 0.5) is 11.4 Å². The number of carbonyl (C=O) groups is 2. The van der Waals surface area contributed by atoms with Crippen LogP contribution in [-0.2, 0) is 23.1 Å². The van der Waals surface area contributed by atoms with Gasteiger partial charge in [-0.3, -0.25) is 14.3 Å². The first-order valence-electron chi connectivity index (χ1n) is 8.05. The lowest BCUT2D eigenvalue weighted by molar-refractivity contribution is -0.116. The van der Waals surface area contributed by atoms with Crippen molar-refractivity contribution in [2.75, 3.05) is 10.6 Å². The van der Waals surface area contributed by atoms with Crippen LogP contribution >= 0.6 is 11.6 Å². The SMILES string of the molecule is Cc1nn(C)c(Cl)c1/C=C/C(=O)Nc1ccc2c(c1)CCCC(=O)N2. The minimum absolute atomic E-state index is 0.0298. The Kier molecular flexibility index (Phi) is 4.90. The zero-order chi connectivity index (χ0) is 18.0. The Morgan fingerprint density at radius 1 is 1.40 bits per heavy atom. The van der Waals surface area contributed by atoms with Gasteiger partial charge in [0.2, 0.25) is 11.8 Å². The summed E-state index contributed by atoms with van der Waals surface area (Å²) in [5, 5.41) is 10.4. The molecule has 0 saturated heterocycles. The number of amides is 2. The van der Waals surface area contributed by atoms with E-state index < -0.39 is 0 Å². The van der Waals surface area contributed by atoms with Crippen LogP contribution in [0.2, 0.25) is 5.15 Å². The summed E-state index contributed by atoms with van der Waals surface area (Å²) in [6.45, 7) is 1.84. The molecule has 0 saturated carbocycles. The summed E-state index contributed by atoms with van der Waals surface area (Å²) >= 11 is 6.15. The second-order valence-corrected chi connectivity index (χ2v) is 6.37. The highest BCUT2D eigenvalue weighted by Crippen LogP contribution is 2.25. The number of rotatable bonds is 3. The molecule has 2 amide bonds. The van der Waals surface area contributed by atoms with Crippen molar-refractivity contribution in [2.24, 2.45) is 7.05 Å². The van der Waals surface area contributed by atoms with E-state index in [1.807, 2.05) is 19.1 Å². The largest absolute Gasteiger partial charge is 0.326 e. The highest BCUT2D eigenvalue weighted by Gasteiger charge is 2.13. The molecule has 2 heterocycles. The minimum atomic E-state index is -0.253. The Hall–Kier alpha value is -2.60. The van der Waals surface area contributed by atoms with Gasteiger partial charge in [-0.25, -0.2) is 0 Å². The first-order valence-corrected chi connectivity index (χ1v) is 8.43. The summed E-state index contributed by atoms with van der Waals surface area (Å²) in [5.74, 6) is -0.223. The average molecular weight is 359 g/mol. The number of aryl methyl sites for hydroxylation is 3. The van der Waals surface area contributed by atoms with Crippen molar-refractivity contribution in [3.05, 3.63) is 46.2 Å². The van der Waals surface area contributed by atoms with Crippen molar-refractivity contribution in [3.8, 4) is 0 Å². The van der Waals surface area contributed by atoms with Crippen molar-refractivity contribution in [1.29, 1.82) is 0 Å². The second-order valence-electron chi connectivity index (χ2n) is 6.01. The van der Waals surface area contributed by atoms with Crippen molar-refractivity contribution in [1.82, 2.24) is 9.78 Å². The number of nitrogens with zero attached hydrogens (tertiary/aromatic N) is 2. The third-order valence-corrected chi connectivity index (χ3v) is 4.54. The van der Waals surface area contributed by atoms with Gasteiger partial charge in [0.25, 0.3) is 0 Å². The maximum Gasteiger partial charge on any atom is 0.248 e. The van der Waals surface area contributed by atoms with E-state index in [1.54, 1.807) is 23.9 Å². The number of hydrogen-bond acceptors (Lipinski definition) is 3. The number of hydrogen-bond donors (Lipinski definition) is 2. The maximum absolute atomic E-state index is 12.2. The van der Waals surface area contributed by atoms with E-state index in [0.29, 0.717) is 17.3 Å². The quantitative estimate of drug-likeness (QED) is 0.826. The fourth-order valence-electron chi connectivity index (χ4n) is 2.83. The summed E-state index contributed by atoms with van der Waals surface area (Å²) < 4.78 is 1.56. The number of anilines is 2. The van der Waals surface area contributed by atoms with E-state index in [1.165, 1.54) is 6.08 Å². The van der Waals surface area contributed by atoms with Crippen molar-refractivity contribution >= 4 is 40.9 Å². The predicted octanol–water partition coefficient (Wildman–Crippen LogP) is 3.31. The molecule has 0 bridgehead atoms. The molecule has 3 rings (SSSR count). The highest BCUT2D eigenvalue weighted by atomic mass is 35.5. The van der Waals surface area contributed by atoms with Gasteiger partial charge in [0, 0.05) is 36.5 Å². The Morgan fingerprint density at radius 2 is 2.20 bits per heavy atom. The summed E-state index contributed by atoms with van der Waals surface area (Å²) in [6, 6.07) is 5.49. The Morgan fingerprint density at radius 3 is 2.92 bits per heavy atom. The van der Waals surface area contributed by atoms with Crippen LogP contribution in [0.15, 0.2) is 24.3 Å². The van der Waals surface area contributed by atoms with Crippen molar-refractivity contribution in [2.45, 2.75) is 26.2 Å². The van der Waals surface area contributed by atoms with E-state index in [2.05, 4.69) is 15.7 Å². The molecule has 7 heteroatoms. The van der Waals surface area contributed by atoms with Crippen LogP contribution in [0.5, 0.6) is 0 Å². The lowest BCUT2D eigenvalue weighted by Gasteiger charge is -2.09. The van der Waals surface area contributed by atoms with Crippen LogP contribution in [0.3, 0.4) is 0 Å². The van der Waals surface area contributed by atoms with Crippen LogP contribution in [-0.4, -0.2) is 21.6 Å². The molecule has 0 unspecified atom stereocenters. The number of halogens is 1. The molecule has 1 aromatic carbocycles. The van der Waals surface area contributed by atoms with Gasteiger partial charge in [-0.2, -0.15) is 5.10 Å². The third kappa shape index (κ3) is 3.91. The molecule has 1 aromatic heterocycles. The fraction of sp³-hybridized carbons (Fsp3) is 0.278. The standard InChI is InChI=1S/C18H19ClN4O2/c1-11-14(18(19)23(2)22-11)7-9-17(25)20-13-6-8-15-12(10-13)4-3-5-16(24)21-15/h6-10H,3-5H2,1-2H3,(H,20,25)(H,21,24)/b9-7+. The number of benzene rings is 1. The lowest BCUT2D eigenvalue weighted by atomic mass is 10.1. The molecule has 0 spiro atoms. The number of carbonyl (C=O) groups excluding carboxylic acids is 2. The molecule has 0 radical (unpaired) electrons. The zero-order valence-corrected chi connectivity index (χ0v) is 14.9. The Labute approximate surface area is 150 Å². The van der Waals surface area contributed by atoms with Gasteiger partial charge in [-0.1, -0.05) is 11.6 Å². The van der Waals surface area contributed by atoms with Gasteiger partial charge in [-0.15, -0.1) is 0 Å². The monoisotopic (exact) mass is 358 g/mol. The molecular formula is C18H19ClN4O2. The smallest absolute Gasteiger partial charge is 0.248 e. The molecule has 130 valence electrons. The maximum atomic E-state index is 12.2. The molecule has 25 heavy (non-hydrogen) atoms. The molecular weight excluding hydrogens is 340 g/mol. The summed E-state index contributed by atoms with van der Waals surface area (Å²) in [7, 11) is 1.75. The van der Waals surface area contributed by atoms with Crippen LogP contribution < -0.4 is 10.6 Å². The van der Waals surface area contributed by atoms with Gasteiger partial charge in [-0.05, 0) is 49.6 Å². The Bertz CT molecular complexity index is 870. The number of nitrogens with one attached hydrogen (secondary N) is 2. The van der Waals surface area contributed by atoms with E-state index in [-0.39, 0.29) is 11.8 Å². The van der Waals surface area contributed by atoms with E-state index in [4.69, 9.17) is 11.6 Å². The van der Waals surface area contributed by atoms with Gasteiger partial charge < -0.3 is 10.6 Å². The first-order chi connectivity index (χ1) is 11.9. The topological polar surface area (TPSA) is 76.0 Å². The molecule has 0 atom stereocenters. The molecule has 6 nitrogen and oxygen atoms in total. The second kappa shape index (κ2) is 7.11. The van der Waals surface area contributed by atoms with E-state index in [0.717, 1.165) is 35.3 Å². The van der Waals surface area contributed by atoms with E-state index >= 15 is 0 Å². The zero-order valence-electron chi connectivity index (χ0n) is 14.1.